The van der Waals surface area contributed by atoms with Crippen LogP contribution in [0.15, 0.2) is 23.1 Å². The highest BCUT2D eigenvalue weighted by molar-refractivity contribution is 7.89. The zero-order valence-electron chi connectivity index (χ0n) is 15.6. The summed E-state index contributed by atoms with van der Waals surface area (Å²) in [5, 5.41) is 9.10. The number of likely N-dealkylation sites (N-methyl/N-ethyl adjacent to an activating group) is 1. The lowest BCUT2D eigenvalue weighted by atomic mass is 10.1. The number of hydrogen-bond donors (Lipinski definition) is 1. The maximum atomic E-state index is 13.0. The zero-order chi connectivity index (χ0) is 19.6. The fourth-order valence-corrected chi connectivity index (χ4v) is 4.81. The molecule has 7 nitrogen and oxygen atoms in total. The lowest BCUT2D eigenvalue weighted by Crippen LogP contribution is -2.42. The molecule has 1 aromatic rings. The third-order valence-electron chi connectivity index (χ3n) is 5.05. The van der Waals surface area contributed by atoms with Crippen molar-refractivity contribution in [2.45, 2.75) is 57.0 Å². The summed E-state index contributed by atoms with van der Waals surface area (Å²) in [4.78, 5) is 25.0. The van der Waals surface area contributed by atoms with Crippen LogP contribution >= 0.6 is 0 Å². The van der Waals surface area contributed by atoms with Gasteiger partial charge in [-0.1, -0.05) is 12.5 Å². The minimum Gasteiger partial charge on any atom is -0.480 e. The number of rotatable bonds is 5. The van der Waals surface area contributed by atoms with Gasteiger partial charge in [-0.05, 0) is 51.3 Å². The summed E-state index contributed by atoms with van der Waals surface area (Å²) >= 11 is 0. The molecule has 0 spiro atoms. The zero-order valence-corrected chi connectivity index (χ0v) is 16.4. The van der Waals surface area contributed by atoms with Crippen LogP contribution in [0.5, 0.6) is 0 Å². The number of sulfonamides is 1. The van der Waals surface area contributed by atoms with Gasteiger partial charge in [0.2, 0.25) is 10.0 Å². The van der Waals surface area contributed by atoms with E-state index in [4.69, 9.17) is 5.11 Å². The van der Waals surface area contributed by atoms with Crippen LogP contribution in [-0.4, -0.2) is 60.3 Å². The van der Waals surface area contributed by atoms with Crippen LogP contribution in [0.4, 0.5) is 0 Å². The maximum absolute atomic E-state index is 13.0. The van der Waals surface area contributed by atoms with E-state index >= 15 is 0 Å². The molecule has 1 fully saturated rings. The van der Waals surface area contributed by atoms with Crippen molar-refractivity contribution in [3.05, 3.63) is 29.3 Å². The van der Waals surface area contributed by atoms with E-state index in [2.05, 4.69) is 0 Å². The summed E-state index contributed by atoms with van der Waals surface area (Å²) in [6, 6.07) is 3.37. The van der Waals surface area contributed by atoms with Crippen molar-refractivity contribution >= 4 is 21.9 Å². The second-order valence-electron chi connectivity index (χ2n) is 6.87. The molecule has 8 heteroatoms. The first kappa shape index (κ1) is 20.4. The van der Waals surface area contributed by atoms with Gasteiger partial charge in [0.1, 0.15) is 6.04 Å². The first-order chi connectivity index (χ1) is 12.1. The molecule has 26 heavy (non-hydrogen) atoms. The number of aryl methyl sites for hydroxylation is 1. The van der Waals surface area contributed by atoms with Crippen LogP contribution < -0.4 is 0 Å². The number of carbonyl (C=O) groups excluding carboxylic acids is 1. The van der Waals surface area contributed by atoms with Gasteiger partial charge >= 0.3 is 5.97 Å². The van der Waals surface area contributed by atoms with Crippen LogP contribution in [0.1, 0.15) is 49.0 Å². The summed E-state index contributed by atoms with van der Waals surface area (Å²) in [5.74, 6) is -1.63. The Morgan fingerprint density at radius 1 is 1.31 bits per heavy atom. The molecule has 0 aliphatic carbocycles. The number of amides is 1. The Labute approximate surface area is 154 Å². The number of piperidine rings is 1. The SMILES string of the molecule is Cc1ccc(S(=O)(=O)N2CCCCC2C)cc1C(=O)N(C)C(C)C(=O)O. The quantitative estimate of drug-likeness (QED) is 0.841. The van der Waals surface area contributed by atoms with Gasteiger partial charge < -0.3 is 10.0 Å². The highest BCUT2D eigenvalue weighted by Gasteiger charge is 2.32. The average Bonchev–Trinajstić information content (AvgIpc) is 2.60. The number of aliphatic carboxylic acids is 1. The van der Waals surface area contributed by atoms with Gasteiger partial charge in [-0.15, -0.1) is 0 Å². The van der Waals surface area contributed by atoms with E-state index in [0.717, 1.165) is 24.2 Å². The van der Waals surface area contributed by atoms with Crippen molar-refractivity contribution in [2.75, 3.05) is 13.6 Å². The Bertz CT molecular complexity index is 806. The molecule has 0 bridgehead atoms. The van der Waals surface area contributed by atoms with E-state index in [1.807, 2.05) is 6.92 Å². The van der Waals surface area contributed by atoms with Crippen molar-refractivity contribution in [1.82, 2.24) is 9.21 Å². The Morgan fingerprint density at radius 3 is 2.54 bits per heavy atom. The molecule has 1 aliphatic heterocycles. The largest absolute Gasteiger partial charge is 0.480 e. The molecule has 0 radical (unpaired) electrons. The molecule has 1 heterocycles. The molecule has 2 unspecified atom stereocenters. The van der Waals surface area contributed by atoms with Crippen molar-refractivity contribution in [3.63, 3.8) is 0 Å². The Hall–Kier alpha value is -1.93. The van der Waals surface area contributed by atoms with E-state index < -0.39 is 27.9 Å². The molecular formula is C18H26N2O5S. The van der Waals surface area contributed by atoms with Crippen molar-refractivity contribution in [1.29, 1.82) is 0 Å². The molecule has 2 rings (SSSR count). The average molecular weight is 382 g/mol. The van der Waals surface area contributed by atoms with Crippen molar-refractivity contribution in [3.8, 4) is 0 Å². The summed E-state index contributed by atoms with van der Waals surface area (Å²) < 4.78 is 27.5. The molecule has 0 saturated carbocycles. The highest BCUT2D eigenvalue weighted by atomic mass is 32.2. The molecule has 1 amide bonds. The lowest BCUT2D eigenvalue weighted by molar-refractivity contribution is -0.141. The van der Waals surface area contributed by atoms with E-state index in [-0.39, 0.29) is 16.5 Å². The predicted molar refractivity (Wildman–Crippen MR) is 97.6 cm³/mol. The summed E-state index contributed by atoms with van der Waals surface area (Å²) in [6.45, 7) is 5.47. The summed E-state index contributed by atoms with van der Waals surface area (Å²) in [5.41, 5.74) is 0.802. The second-order valence-corrected chi connectivity index (χ2v) is 8.76. The molecule has 1 aliphatic rings. The van der Waals surface area contributed by atoms with Crippen LogP contribution in [0.25, 0.3) is 0 Å². The maximum Gasteiger partial charge on any atom is 0.326 e. The first-order valence-electron chi connectivity index (χ1n) is 8.69. The number of hydrogen-bond acceptors (Lipinski definition) is 4. The normalized spacial score (nSPS) is 19.8. The van der Waals surface area contributed by atoms with Crippen LogP contribution in [-0.2, 0) is 14.8 Å². The van der Waals surface area contributed by atoms with Crippen LogP contribution in [0, 0.1) is 6.92 Å². The van der Waals surface area contributed by atoms with E-state index in [1.165, 1.54) is 30.4 Å². The topological polar surface area (TPSA) is 95.0 Å². The fourth-order valence-electron chi connectivity index (χ4n) is 3.09. The smallest absolute Gasteiger partial charge is 0.326 e. The van der Waals surface area contributed by atoms with Gasteiger partial charge in [0.15, 0.2) is 0 Å². The molecule has 144 valence electrons. The Balaban J connectivity index is 2.40. The van der Waals surface area contributed by atoms with Gasteiger partial charge in [-0.25, -0.2) is 13.2 Å². The fraction of sp³-hybridized carbons (Fsp3) is 0.556. The number of carboxylic acids is 1. The molecule has 1 aromatic carbocycles. The van der Waals surface area contributed by atoms with Gasteiger partial charge in [0, 0.05) is 25.2 Å². The van der Waals surface area contributed by atoms with E-state index in [1.54, 1.807) is 13.0 Å². The summed E-state index contributed by atoms with van der Waals surface area (Å²) in [7, 11) is -2.30. The molecule has 1 N–H and O–H groups in total. The minimum absolute atomic E-state index is 0.0663. The second kappa shape index (κ2) is 7.75. The van der Waals surface area contributed by atoms with Crippen molar-refractivity contribution < 1.29 is 23.1 Å². The molecule has 1 saturated heterocycles. The van der Waals surface area contributed by atoms with Crippen molar-refractivity contribution in [2.24, 2.45) is 0 Å². The van der Waals surface area contributed by atoms with E-state index in [0.29, 0.717) is 12.1 Å². The Morgan fingerprint density at radius 2 is 1.96 bits per heavy atom. The predicted octanol–water partition coefficient (Wildman–Crippen LogP) is 2.10. The van der Waals surface area contributed by atoms with E-state index in [9.17, 15) is 18.0 Å². The lowest BCUT2D eigenvalue weighted by Gasteiger charge is -2.32. The molecule has 0 aromatic heterocycles. The number of benzene rings is 1. The van der Waals surface area contributed by atoms with Crippen LogP contribution in [0.3, 0.4) is 0 Å². The number of carbonyl (C=O) groups is 2. The molecular weight excluding hydrogens is 356 g/mol. The minimum atomic E-state index is -3.70. The summed E-state index contributed by atoms with van der Waals surface area (Å²) in [6.07, 6.45) is 2.64. The monoisotopic (exact) mass is 382 g/mol. The highest BCUT2D eigenvalue weighted by Crippen LogP contribution is 2.27. The van der Waals surface area contributed by atoms with Gasteiger partial charge in [0.05, 0.1) is 4.90 Å². The van der Waals surface area contributed by atoms with Gasteiger partial charge in [-0.2, -0.15) is 4.31 Å². The molecule has 2 atom stereocenters. The standard InChI is InChI=1S/C18H26N2O5S/c1-12-8-9-15(26(24,25)20-10-6-5-7-13(20)2)11-16(12)17(21)19(4)14(3)18(22)23/h8-9,11,13-14H,5-7,10H2,1-4H3,(H,22,23). The number of nitrogens with zero attached hydrogens (tertiary/aromatic N) is 2. The Kier molecular flexibility index (Phi) is 6.08. The third-order valence-corrected chi connectivity index (χ3v) is 7.06. The van der Waals surface area contributed by atoms with Gasteiger partial charge in [-0.3, -0.25) is 4.79 Å². The van der Waals surface area contributed by atoms with Gasteiger partial charge in [0.25, 0.3) is 5.91 Å². The third kappa shape index (κ3) is 3.91. The number of carboxylic acid groups (broad SMARTS) is 1. The first-order valence-corrected chi connectivity index (χ1v) is 10.1. The van der Waals surface area contributed by atoms with Crippen LogP contribution in [0.2, 0.25) is 0 Å².